The number of hydrogen-bond acceptors (Lipinski definition) is 4. The Morgan fingerprint density at radius 2 is 1.84 bits per heavy atom. The Morgan fingerprint density at radius 1 is 1.09 bits per heavy atom. The molecule has 2 aromatic carbocycles. The van der Waals surface area contributed by atoms with E-state index in [4.69, 9.17) is 0 Å². The predicted octanol–water partition coefficient (Wildman–Crippen LogP) is 3.28. The molecule has 7 nitrogen and oxygen atoms in total. The minimum atomic E-state index is -0.670. The molecule has 1 atom stereocenters. The van der Waals surface area contributed by atoms with Gasteiger partial charge in [0.15, 0.2) is 5.78 Å². The number of benzene rings is 2. The van der Waals surface area contributed by atoms with Gasteiger partial charge in [0.2, 0.25) is 0 Å². The number of ketones is 1. The van der Waals surface area contributed by atoms with E-state index in [1.807, 2.05) is 25.1 Å². The first-order chi connectivity index (χ1) is 15.3. The molecule has 0 saturated heterocycles. The highest BCUT2D eigenvalue weighted by molar-refractivity contribution is 6.00. The smallest absolute Gasteiger partial charge is 0.321 e. The molecule has 8 heteroatoms. The van der Waals surface area contributed by atoms with Crippen LogP contribution in [0, 0.1) is 12.7 Å². The summed E-state index contributed by atoms with van der Waals surface area (Å²) >= 11 is 0. The molecule has 0 unspecified atom stereocenters. The fraction of sp³-hybridized carbons (Fsp3) is 0.167. The molecule has 2 amide bonds. The van der Waals surface area contributed by atoms with Crippen LogP contribution in [0.5, 0.6) is 0 Å². The zero-order valence-electron chi connectivity index (χ0n) is 17.6. The van der Waals surface area contributed by atoms with Gasteiger partial charge in [-0.3, -0.25) is 9.59 Å². The van der Waals surface area contributed by atoms with Crippen LogP contribution in [0.2, 0.25) is 0 Å². The zero-order valence-corrected chi connectivity index (χ0v) is 17.6. The quantitative estimate of drug-likeness (QED) is 0.647. The van der Waals surface area contributed by atoms with E-state index in [0.717, 1.165) is 16.7 Å². The van der Waals surface area contributed by atoms with Gasteiger partial charge >= 0.3 is 6.03 Å². The first-order valence-corrected chi connectivity index (χ1v) is 10.0. The average molecular weight is 432 g/mol. The highest BCUT2D eigenvalue weighted by Crippen LogP contribution is 2.28. The Labute approximate surface area is 183 Å². The number of carbonyl (C=O) groups excluding carboxylic acids is 2. The molecule has 32 heavy (non-hydrogen) atoms. The fourth-order valence-corrected chi connectivity index (χ4v) is 3.60. The maximum atomic E-state index is 13.4. The molecule has 2 N–H and O–H groups in total. The maximum absolute atomic E-state index is 13.4. The molecule has 0 aliphatic carbocycles. The predicted molar refractivity (Wildman–Crippen MR) is 117 cm³/mol. The summed E-state index contributed by atoms with van der Waals surface area (Å²) < 4.78 is 13.4. The number of aryl methyl sites for hydroxylation is 1. The number of amides is 2. The summed E-state index contributed by atoms with van der Waals surface area (Å²) in [5, 5.41) is 9.26. The molecule has 0 saturated carbocycles. The number of H-pyrrole nitrogens is 1. The van der Waals surface area contributed by atoms with Crippen molar-refractivity contribution in [1.82, 2.24) is 20.4 Å². The van der Waals surface area contributed by atoms with Gasteiger partial charge < -0.3 is 10.2 Å². The summed E-state index contributed by atoms with van der Waals surface area (Å²) in [6.07, 6.45) is 1.63. The third-order valence-electron chi connectivity index (χ3n) is 5.43. The molecule has 1 aliphatic heterocycles. The van der Waals surface area contributed by atoms with Crippen molar-refractivity contribution in [3.05, 3.63) is 99.2 Å². The van der Waals surface area contributed by atoms with Gasteiger partial charge in [0.05, 0.1) is 11.7 Å². The van der Waals surface area contributed by atoms with E-state index in [9.17, 15) is 18.8 Å². The topological polar surface area (TPSA) is 95.2 Å². The summed E-state index contributed by atoms with van der Waals surface area (Å²) in [5.74, 6) is -0.561. The molecule has 3 aromatic rings. The first-order valence-electron chi connectivity index (χ1n) is 10.0. The number of rotatable bonds is 5. The Hall–Kier alpha value is -4.07. The molecule has 2 heterocycles. The Bertz CT molecular complexity index is 1260. The summed E-state index contributed by atoms with van der Waals surface area (Å²) in [5.41, 5.74) is 3.83. The Morgan fingerprint density at radius 3 is 2.53 bits per heavy atom. The number of aromatic amines is 1. The van der Waals surface area contributed by atoms with Crippen LogP contribution in [0.4, 0.5) is 9.18 Å². The largest absolute Gasteiger partial charge is 0.327 e. The highest BCUT2D eigenvalue weighted by atomic mass is 19.1. The average Bonchev–Trinajstić information content (AvgIpc) is 2.78. The van der Waals surface area contributed by atoms with Crippen LogP contribution in [0.3, 0.4) is 0 Å². The monoisotopic (exact) mass is 432 g/mol. The van der Waals surface area contributed by atoms with E-state index in [1.54, 1.807) is 25.2 Å². The lowest BCUT2D eigenvalue weighted by Crippen LogP contribution is -2.43. The van der Waals surface area contributed by atoms with Crippen molar-refractivity contribution in [1.29, 1.82) is 0 Å². The van der Waals surface area contributed by atoms with Crippen LogP contribution in [0.1, 0.15) is 22.7 Å². The first kappa shape index (κ1) is 21.2. The summed E-state index contributed by atoms with van der Waals surface area (Å²) in [6, 6.07) is 13.3. The van der Waals surface area contributed by atoms with Gasteiger partial charge in [-0.25, -0.2) is 14.3 Å². The van der Waals surface area contributed by atoms with Crippen LogP contribution in [-0.2, 0) is 11.2 Å². The molecule has 0 radical (unpaired) electrons. The van der Waals surface area contributed by atoms with Crippen LogP contribution >= 0.6 is 0 Å². The number of nitrogens with one attached hydrogen (secondary N) is 2. The van der Waals surface area contributed by atoms with Crippen LogP contribution < -0.4 is 10.9 Å². The molecular weight excluding hydrogens is 411 g/mol. The van der Waals surface area contributed by atoms with Gasteiger partial charge in [-0.15, -0.1) is 0 Å². The van der Waals surface area contributed by atoms with Crippen molar-refractivity contribution in [2.24, 2.45) is 0 Å². The molecule has 0 bridgehead atoms. The standard InChI is InChI=1S/C24H21FN4O3/c1-14-3-4-16(20-9-10-22(31)28-27-20)11-17(14)12-21(30)19-13-29(2)24(32)26-23(19)15-5-7-18(25)8-6-15/h3-11,13,23H,12H2,1-2H3,(H,26,32)(H,28,31)/t23-/m0/s1. The van der Waals surface area contributed by atoms with E-state index in [0.29, 0.717) is 16.8 Å². The Balaban J connectivity index is 1.65. The Kier molecular flexibility index (Phi) is 5.68. The number of Topliss-reactive ketones (excluding diaryl/α,β-unsaturated/α-hetero) is 1. The third-order valence-corrected chi connectivity index (χ3v) is 5.43. The lowest BCUT2D eigenvalue weighted by Gasteiger charge is -2.30. The second kappa shape index (κ2) is 8.58. The van der Waals surface area contributed by atoms with Gasteiger partial charge in [-0.1, -0.05) is 24.3 Å². The molecule has 1 aromatic heterocycles. The minimum absolute atomic E-state index is 0.107. The van der Waals surface area contributed by atoms with E-state index in [-0.39, 0.29) is 23.8 Å². The lowest BCUT2D eigenvalue weighted by molar-refractivity contribution is -0.115. The number of hydrogen-bond donors (Lipinski definition) is 2. The molecule has 4 rings (SSSR count). The number of aromatic nitrogens is 2. The van der Waals surface area contributed by atoms with Gasteiger partial charge in [0.1, 0.15) is 5.82 Å². The SMILES string of the molecule is Cc1ccc(-c2ccc(=O)[nH]n2)cc1CC(=O)C1=CN(C)C(=O)N[C@H]1c1ccc(F)cc1. The summed E-state index contributed by atoms with van der Waals surface area (Å²) in [6.45, 7) is 1.91. The van der Waals surface area contributed by atoms with Gasteiger partial charge in [-0.05, 0) is 47.9 Å². The van der Waals surface area contributed by atoms with Crippen molar-refractivity contribution < 1.29 is 14.0 Å². The fourth-order valence-electron chi connectivity index (χ4n) is 3.60. The van der Waals surface area contributed by atoms with Crippen molar-refractivity contribution in [3.63, 3.8) is 0 Å². The zero-order chi connectivity index (χ0) is 22.8. The molecule has 1 aliphatic rings. The molecule has 0 fully saturated rings. The van der Waals surface area contributed by atoms with Crippen LogP contribution in [-0.4, -0.2) is 34.0 Å². The number of urea groups is 1. The summed E-state index contributed by atoms with van der Waals surface area (Å²) in [7, 11) is 1.57. The number of carbonyl (C=O) groups is 2. The lowest BCUT2D eigenvalue weighted by atomic mass is 9.90. The van der Waals surface area contributed by atoms with Crippen molar-refractivity contribution in [2.75, 3.05) is 7.05 Å². The van der Waals surface area contributed by atoms with E-state index in [1.165, 1.54) is 29.3 Å². The second-order valence-electron chi connectivity index (χ2n) is 7.68. The van der Waals surface area contributed by atoms with Gasteiger partial charge in [0.25, 0.3) is 5.56 Å². The van der Waals surface area contributed by atoms with Crippen LogP contribution in [0.15, 0.2) is 71.2 Å². The van der Waals surface area contributed by atoms with Crippen molar-refractivity contribution >= 4 is 11.8 Å². The van der Waals surface area contributed by atoms with Gasteiger partial charge in [-0.2, -0.15) is 5.10 Å². The highest BCUT2D eigenvalue weighted by Gasteiger charge is 2.30. The number of nitrogens with zero attached hydrogens (tertiary/aromatic N) is 2. The van der Waals surface area contributed by atoms with Gasteiger partial charge in [0, 0.05) is 36.9 Å². The molecular formula is C24H21FN4O3. The summed E-state index contributed by atoms with van der Waals surface area (Å²) in [4.78, 5) is 38.1. The van der Waals surface area contributed by atoms with E-state index in [2.05, 4.69) is 15.5 Å². The van der Waals surface area contributed by atoms with E-state index < -0.39 is 11.9 Å². The van der Waals surface area contributed by atoms with Crippen molar-refractivity contribution in [3.8, 4) is 11.3 Å². The maximum Gasteiger partial charge on any atom is 0.321 e. The minimum Gasteiger partial charge on any atom is -0.327 e. The molecule has 0 spiro atoms. The second-order valence-corrected chi connectivity index (χ2v) is 7.68. The molecule has 162 valence electrons. The third kappa shape index (κ3) is 4.34. The normalized spacial score (nSPS) is 15.8. The van der Waals surface area contributed by atoms with E-state index >= 15 is 0 Å². The van der Waals surface area contributed by atoms with Crippen LogP contribution in [0.25, 0.3) is 11.3 Å². The van der Waals surface area contributed by atoms with Crippen molar-refractivity contribution in [2.45, 2.75) is 19.4 Å². The number of halogens is 1.